The quantitative estimate of drug-likeness (QED) is 0.654. The van der Waals surface area contributed by atoms with Crippen LogP contribution in [0.25, 0.3) is 0 Å². The molecule has 0 spiro atoms. The Morgan fingerprint density at radius 3 is 2.86 bits per heavy atom. The highest BCUT2D eigenvalue weighted by molar-refractivity contribution is 5.85. The summed E-state index contributed by atoms with van der Waals surface area (Å²) < 4.78 is 50.7. The Morgan fingerprint density at radius 2 is 2.11 bits per heavy atom. The summed E-state index contributed by atoms with van der Waals surface area (Å²) in [6.07, 6.45) is 2.95. The topological polar surface area (TPSA) is 79.8 Å². The molecule has 2 bridgehead atoms. The Labute approximate surface area is 208 Å². The number of ether oxygens (including phenoxy) is 2. The Kier molecular flexibility index (Phi) is 6.15. The van der Waals surface area contributed by atoms with Gasteiger partial charge in [-0.25, -0.2) is 0 Å². The lowest BCUT2D eigenvalue weighted by Crippen LogP contribution is -2.54. The zero-order chi connectivity index (χ0) is 25.1. The zero-order valence-electron chi connectivity index (χ0n) is 20.5. The summed E-state index contributed by atoms with van der Waals surface area (Å²) >= 11 is 0. The number of halogens is 3. The predicted molar refractivity (Wildman–Crippen MR) is 124 cm³/mol. The molecular formula is C25H34F3N5O3. The fraction of sp³-hybridized carbons (Fsp3) is 0.800. The average Bonchev–Trinajstić information content (AvgIpc) is 3.63. The van der Waals surface area contributed by atoms with Crippen LogP contribution in [-0.4, -0.2) is 84.7 Å². The minimum absolute atomic E-state index is 0.00911. The van der Waals surface area contributed by atoms with Crippen molar-refractivity contribution < 1.29 is 27.4 Å². The third-order valence-corrected chi connectivity index (χ3v) is 9.38. The first-order valence-electron chi connectivity index (χ1n) is 13.1. The molecule has 0 radical (unpaired) electrons. The van der Waals surface area contributed by atoms with Crippen LogP contribution in [-0.2, 0) is 20.4 Å². The molecule has 3 saturated heterocycles. The van der Waals surface area contributed by atoms with Gasteiger partial charge in [0, 0.05) is 38.9 Å². The van der Waals surface area contributed by atoms with Crippen molar-refractivity contribution in [2.24, 2.45) is 11.3 Å². The fourth-order valence-corrected chi connectivity index (χ4v) is 7.69. The van der Waals surface area contributed by atoms with E-state index in [1.807, 2.05) is 9.80 Å². The maximum atomic E-state index is 14.1. The average molecular weight is 510 g/mol. The van der Waals surface area contributed by atoms with Gasteiger partial charge in [-0.2, -0.15) is 18.3 Å². The van der Waals surface area contributed by atoms with E-state index in [0.29, 0.717) is 25.6 Å². The van der Waals surface area contributed by atoms with Gasteiger partial charge in [0.05, 0.1) is 42.0 Å². The van der Waals surface area contributed by atoms with Crippen LogP contribution in [0.15, 0.2) is 12.3 Å². The molecule has 3 aliphatic heterocycles. The van der Waals surface area contributed by atoms with Gasteiger partial charge in [-0.1, -0.05) is 6.42 Å². The van der Waals surface area contributed by atoms with Crippen molar-refractivity contribution in [3.8, 4) is 0 Å². The van der Waals surface area contributed by atoms with Gasteiger partial charge in [0.2, 0.25) is 5.91 Å². The molecule has 2 aliphatic carbocycles. The summed E-state index contributed by atoms with van der Waals surface area (Å²) in [5.74, 6) is 0.885. The molecule has 2 saturated carbocycles. The Bertz CT molecular complexity index is 996. The summed E-state index contributed by atoms with van der Waals surface area (Å²) in [4.78, 5) is 18.0. The smallest absolute Gasteiger partial charge is 0.379 e. The van der Waals surface area contributed by atoms with Gasteiger partial charge < -0.3 is 24.6 Å². The van der Waals surface area contributed by atoms with Crippen molar-refractivity contribution >= 4 is 11.7 Å². The Hall–Kier alpha value is -1.98. The molecule has 36 heavy (non-hydrogen) atoms. The highest BCUT2D eigenvalue weighted by atomic mass is 19.4. The van der Waals surface area contributed by atoms with Crippen molar-refractivity contribution in [2.75, 3.05) is 38.3 Å². The van der Waals surface area contributed by atoms with Gasteiger partial charge in [0.25, 0.3) is 0 Å². The standard InChI is InChI=1S/C25H34F3N5O3/c1-35-21-14-36-6-4-20(21)30-17-7-15-3-2-5-24(15,10-17)23(34)33-13-18-9-19(33)12-32(18)22-8-16(11-29-31-22)25(26,27)28/h8,11,15,17-21,30H,2-7,9-10,12-14H2,1H3/t15-,17-,18-,19+,20+,21-,24-/m1/s1. The third kappa shape index (κ3) is 4.07. The lowest BCUT2D eigenvalue weighted by atomic mass is 9.78. The van der Waals surface area contributed by atoms with Crippen LogP contribution in [0.3, 0.4) is 0 Å². The fourth-order valence-electron chi connectivity index (χ4n) is 7.69. The van der Waals surface area contributed by atoms with E-state index >= 15 is 0 Å². The number of nitrogens with zero attached hydrogens (tertiary/aromatic N) is 4. The normalized spacial score (nSPS) is 38.1. The lowest BCUT2D eigenvalue weighted by Gasteiger charge is -2.40. The minimum atomic E-state index is -4.46. The molecule has 8 nitrogen and oxygen atoms in total. The van der Waals surface area contributed by atoms with Crippen LogP contribution < -0.4 is 10.2 Å². The number of carbonyl (C=O) groups excluding carboxylic acids is 1. The number of piperazine rings is 1. The van der Waals surface area contributed by atoms with E-state index in [1.165, 1.54) is 0 Å². The van der Waals surface area contributed by atoms with Crippen LogP contribution in [0.2, 0.25) is 0 Å². The van der Waals surface area contributed by atoms with Gasteiger partial charge in [-0.05, 0) is 50.5 Å². The summed E-state index contributed by atoms with van der Waals surface area (Å²) in [6.45, 7) is 2.37. The molecule has 1 N–H and O–H groups in total. The van der Waals surface area contributed by atoms with Gasteiger partial charge in [-0.15, -0.1) is 5.10 Å². The first-order valence-corrected chi connectivity index (χ1v) is 13.1. The van der Waals surface area contributed by atoms with Gasteiger partial charge in [0.1, 0.15) is 0 Å². The number of hydrogen-bond donors (Lipinski definition) is 1. The zero-order valence-corrected chi connectivity index (χ0v) is 20.5. The van der Waals surface area contributed by atoms with Crippen molar-refractivity contribution in [1.82, 2.24) is 20.4 Å². The van der Waals surface area contributed by atoms with Crippen LogP contribution in [0.1, 0.15) is 50.5 Å². The number of nitrogens with one attached hydrogen (secondary N) is 1. The number of likely N-dealkylation sites (tertiary alicyclic amines) is 1. The summed E-state index contributed by atoms with van der Waals surface area (Å²) in [6, 6.07) is 1.59. The lowest BCUT2D eigenvalue weighted by molar-refractivity contribution is -0.144. The van der Waals surface area contributed by atoms with Gasteiger partial charge in [0.15, 0.2) is 5.82 Å². The van der Waals surface area contributed by atoms with E-state index in [4.69, 9.17) is 9.47 Å². The molecular weight excluding hydrogens is 475 g/mol. The number of fused-ring (bicyclic) bond motifs is 3. The summed E-state index contributed by atoms with van der Waals surface area (Å²) in [7, 11) is 1.72. The first kappa shape index (κ1) is 24.4. The molecule has 6 rings (SSSR count). The van der Waals surface area contributed by atoms with Crippen molar-refractivity contribution in [2.45, 2.75) is 81.4 Å². The number of rotatable bonds is 5. The molecule has 1 aromatic heterocycles. The molecule has 1 amide bonds. The molecule has 198 valence electrons. The monoisotopic (exact) mass is 509 g/mol. The van der Waals surface area contributed by atoms with Crippen molar-refractivity contribution in [3.63, 3.8) is 0 Å². The van der Waals surface area contributed by atoms with E-state index in [0.717, 1.165) is 63.8 Å². The van der Waals surface area contributed by atoms with E-state index in [9.17, 15) is 18.0 Å². The van der Waals surface area contributed by atoms with E-state index in [2.05, 4.69) is 15.5 Å². The van der Waals surface area contributed by atoms with Crippen LogP contribution in [0.5, 0.6) is 0 Å². The van der Waals surface area contributed by atoms with Crippen LogP contribution in [0.4, 0.5) is 19.0 Å². The van der Waals surface area contributed by atoms with E-state index in [1.54, 1.807) is 7.11 Å². The van der Waals surface area contributed by atoms with E-state index < -0.39 is 11.7 Å². The molecule has 4 heterocycles. The van der Waals surface area contributed by atoms with Gasteiger partial charge >= 0.3 is 6.18 Å². The SMILES string of the molecule is CO[C@@H]1COCC[C@@H]1N[C@@H]1C[C@H]2CCC[C@@]2(C(=O)N2C[C@H]3C[C@H]2CN3c2cc(C(F)(F)F)cnn2)C1. The maximum absolute atomic E-state index is 14.1. The molecule has 7 atom stereocenters. The molecule has 11 heteroatoms. The Balaban J connectivity index is 1.13. The molecule has 5 aliphatic rings. The largest absolute Gasteiger partial charge is 0.418 e. The number of alkyl halides is 3. The summed E-state index contributed by atoms with van der Waals surface area (Å²) in [5.41, 5.74) is -1.11. The number of aromatic nitrogens is 2. The highest BCUT2D eigenvalue weighted by Gasteiger charge is 2.59. The third-order valence-electron chi connectivity index (χ3n) is 9.38. The highest BCUT2D eigenvalue weighted by Crippen LogP contribution is 2.56. The first-order chi connectivity index (χ1) is 17.3. The Morgan fingerprint density at radius 1 is 1.25 bits per heavy atom. The van der Waals surface area contributed by atoms with Crippen LogP contribution in [0, 0.1) is 11.3 Å². The number of carbonyl (C=O) groups is 1. The second-order valence-electron chi connectivity index (χ2n) is 11.2. The minimum Gasteiger partial charge on any atom is -0.379 e. The molecule has 0 unspecified atom stereocenters. The number of amides is 1. The van der Waals surface area contributed by atoms with Crippen molar-refractivity contribution in [3.05, 3.63) is 17.8 Å². The molecule has 0 aromatic carbocycles. The second-order valence-corrected chi connectivity index (χ2v) is 11.2. The van der Waals surface area contributed by atoms with Crippen molar-refractivity contribution in [1.29, 1.82) is 0 Å². The second kappa shape index (κ2) is 9.09. The molecule has 1 aromatic rings. The van der Waals surface area contributed by atoms with E-state index in [-0.39, 0.29) is 47.4 Å². The number of anilines is 1. The number of hydrogen-bond acceptors (Lipinski definition) is 7. The predicted octanol–water partition coefficient (Wildman–Crippen LogP) is 2.63. The van der Waals surface area contributed by atoms with Gasteiger partial charge in [-0.3, -0.25) is 4.79 Å². The molecule has 5 fully saturated rings. The maximum Gasteiger partial charge on any atom is 0.418 e. The number of methoxy groups -OCH3 is 1. The van der Waals surface area contributed by atoms with Crippen LogP contribution >= 0.6 is 0 Å². The summed E-state index contributed by atoms with van der Waals surface area (Å²) in [5, 5.41) is 11.4.